The summed E-state index contributed by atoms with van der Waals surface area (Å²) in [6.45, 7) is 8.88. The van der Waals surface area contributed by atoms with Gasteiger partial charge >= 0.3 is 6.03 Å². The van der Waals surface area contributed by atoms with Gasteiger partial charge in [-0.15, -0.1) is 11.3 Å². The minimum absolute atomic E-state index is 0.00335. The van der Waals surface area contributed by atoms with Crippen molar-refractivity contribution in [3.63, 3.8) is 0 Å². The molecule has 0 bridgehead atoms. The van der Waals surface area contributed by atoms with E-state index in [0.29, 0.717) is 18.9 Å². The van der Waals surface area contributed by atoms with Crippen LogP contribution < -0.4 is 5.32 Å². The molecular weight excluding hydrogens is 310 g/mol. The molecular formula is C17H25N3O2S. The van der Waals surface area contributed by atoms with Crippen molar-refractivity contribution in [3.8, 4) is 0 Å². The molecule has 0 aliphatic heterocycles. The Morgan fingerprint density at radius 3 is 2.74 bits per heavy atom. The third kappa shape index (κ3) is 4.34. The van der Waals surface area contributed by atoms with Crippen molar-refractivity contribution < 1.29 is 9.21 Å². The number of hydrogen-bond donors (Lipinski definition) is 1. The maximum atomic E-state index is 12.3. The normalized spacial score (nSPS) is 12.4. The highest BCUT2D eigenvalue weighted by Crippen LogP contribution is 2.31. The zero-order valence-electron chi connectivity index (χ0n) is 14.4. The maximum Gasteiger partial charge on any atom is 0.317 e. The molecule has 0 radical (unpaired) electrons. The van der Waals surface area contributed by atoms with Crippen molar-refractivity contribution in [1.29, 1.82) is 0 Å². The quantitative estimate of drug-likeness (QED) is 0.864. The Morgan fingerprint density at radius 2 is 2.17 bits per heavy atom. The molecule has 2 heterocycles. The molecule has 0 unspecified atom stereocenters. The van der Waals surface area contributed by atoms with E-state index in [0.717, 1.165) is 21.3 Å². The van der Waals surface area contributed by atoms with E-state index >= 15 is 0 Å². The molecule has 5 nitrogen and oxygen atoms in total. The number of carbonyl (C=O) groups is 1. The second-order valence-corrected chi connectivity index (χ2v) is 7.07. The Morgan fingerprint density at radius 1 is 1.43 bits per heavy atom. The van der Waals surface area contributed by atoms with Gasteiger partial charge in [0.05, 0.1) is 23.0 Å². The highest BCUT2D eigenvalue weighted by molar-refractivity contribution is 7.11. The van der Waals surface area contributed by atoms with Gasteiger partial charge in [0.2, 0.25) is 0 Å². The summed E-state index contributed by atoms with van der Waals surface area (Å²) in [5.74, 6) is 1.29. The van der Waals surface area contributed by atoms with Crippen LogP contribution in [-0.2, 0) is 6.42 Å². The molecule has 0 aliphatic rings. The molecule has 0 spiro atoms. The monoisotopic (exact) mass is 335 g/mol. The first-order valence-electron chi connectivity index (χ1n) is 7.90. The van der Waals surface area contributed by atoms with Crippen molar-refractivity contribution in [3.05, 3.63) is 39.7 Å². The predicted molar refractivity (Wildman–Crippen MR) is 92.9 cm³/mol. The standard InChI is InChI=1S/C17H25N3O2S/c1-11(2)16-19-12(3)15(23-16)13(4)20(5)17(21)18-9-8-14-7-6-10-22-14/h6-7,10-11,13H,8-9H2,1-5H3,(H,18,21)/t13-/m1/s1. The van der Waals surface area contributed by atoms with Gasteiger partial charge in [-0.25, -0.2) is 9.78 Å². The lowest BCUT2D eigenvalue weighted by Crippen LogP contribution is -2.39. The summed E-state index contributed by atoms with van der Waals surface area (Å²) in [6, 6.07) is 3.68. The first-order valence-corrected chi connectivity index (χ1v) is 8.72. The van der Waals surface area contributed by atoms with Crippen molar-refractivity contribution >= 4 is 17.4 Å². The van der Waals surface area contributed by atoms with E-state index in [-0.39, 0.29) is 12.1 Å². The second kappa shape index (κ2) is 7.64. The molecule has 1 atom stereocenters. The number of nitrogens with one attached hydrogen (secondary N) is 1. The number of rotatable bonds is 6. The van der Waals surface area contributed by atoms with Gasteiger partial charge in [0, 0.05) is 30.8 Å². The first kappa shape index (κ1) is 17.5. The van der Waals surface area contributed by atoms with Crippen LogP contribution in [0.2, 0.25) is 0 Å². The number of amides is 2. The zero-order valence-corrected chi connectivity index (χ0v) is 15.2. The lowest BCUT2D eigenvalue weighted by atomic mass is 10.2. The summed E-state index contributed by atoms with van der Waals surface area (Å²) >= 11 is 1.70. The first-order chi connectivity index (χ1) is 10.9. The molecule has 0 aromatic carbocycles. The number of carbonyl (C=O) groups excluding carboxylic acids is 1. The van der Waals surface area contributed by atoms with E-state index in [1.165, 1.54) is 0 Å². The van der Waals surface area contributed by atoms with Crippen LogP contribution in [-0.4, -0.2) is 29.5 Å². The number of thiazole rings is 1. The third-order valence-corrected chi connectivity index (χ3v) is 5.48. The van der Waals surface area contributed by atoms with Gasteiger partial charge in [-0.05, 0) is 26.0 Å². The number of nitrogens with zero attached hydrogens (tertiary/aromatic N) is 2. The number of aromatic nitrogens is 1. The van der Waals surface area contributed by atoms with Crippen molar-refractivity contribution in [2.24, 2.45) is 0 Å². The molecule has 1 N–H and O–H groups in total. The van der Waals surface area contributed by atoms with E-state index in [4.69, 9.17) is 4.42 Å². The smallest absolute Gasteiger partial charge is 0.317 e. The Balaban J connectivity index is 1.92. The highest BCUT2D eigenvalue weighted by atomic mass is 32.1. The summed E-state index contributed by atoms with van der Waals surface area (Å²) in [5.41, 5.74) is 1.02. The Kier molecular flexibility index (Phi) is 5.82. The van der Waals surface area contributed by atoms with Crippen molar-refractivity contribution in [1.82, 2.24) is 15.2 Å². The fraction of sp³-hybridized carbons (Fsp3) is 0.529. The second-order valence-electron chi connectivity index (χ2n) is 6.00. The van der Waals surface area contributed by atoms with E-state index in [1.54, 1.807) is 22.5 Å². The summed E-state index contributed by atoms with van der Waals surface area (Å²) in [6.07, 6.45) is 2.34. The van der Waals surface area contributed by atoms with Crippen LogP contribution in [0.15, 0.2) is 22.8 Å². The lowest BCUT2D eigenvalue weighted by Gasteiger charge is -2.24. The minimum Gasteiger partial charge on any atom is -0.469 e. The van der Waals surface area contributed by atoms with E-state index in [2.05, 4.69) is 24.1 Å². The largest absolute Gasteiger partial charge is 0.469 e. The topological polar surface area (TPSA) is 58.4 Å². The molecule has 0 fully saturated rings. The summed E-state index contributed by atoms with van der Waals surface area (Å²) in [4.78, 5) is 19.8. The molecule has 23 heavy (non-hydrogen) atoms. The zero-order chi connectivity index (χ0) is 17.0. The Bertz CT molecular complexity index is 634. The van der Waals surface area contributed by atoms with Gasteiger partial charge in [0.15, 0.2) is 0 Å². The van der Waals surface area contributed by atoms with Crippen LogP contribution in [0.1, 0.15) is 54.1 Å². The maximum absolute atomic E-state index is 12.3. The fourth-order valence-electron chi connectivity index (χ4n) is 2.29. The van der Waals surface area contributed by atoms with E-state index in [1.807, 2.05) is 33.0 Å². The van der Waals surface area contributed by atoms with Crippen LogP contribution in [0.3, 0.4) is 0 Å². The van der Waals surface area contributed by atoms with Gasteiger partial charge < -0.3 is 14.6 Å². The average molecular weight is 335 g/mol. The SMILES string of the molecule is Cc1nc(C(C)C)sc1[C@@H](C)N(C)C(=O)NCCc1ccco1. The summed E-state index contributed by atoms with van der Waals surface area (Å²) in [7, 11) is 1.82. The molecule has 126 valence electrons. The summed E-state index contributed by atoms with van der Waals surface area (Å²) < 4.78 is 5.26. The molecule has 2 aromatic rings. The molecule has 0 saturated heterocycles. The molecule has 6 heteroatoms. The Labute approximate surface area is 141 Å². The fourth-order valence-corrected chi connectivity index (χ4v) is 3.45. The van der Waals surface area contributed by atoms with Crippen LogP contribution >= 0.6 is 11.3 Å². The van der Waals surface area contributed by atoms with Crippen molar-refractivity contribution in [2.75, 3.05) is 13.6 Å². The molecule has 0 saturated carbocycles. The number of hydrogen-bond acceptors (Lipinski definition) is 4. The van der Waals surface area contributed by atoms with E-state index < -0.39 is 0 Å². The van der Waals surface area contributed by atoms with Crippen LogP contribution in [0.4, 0.5) is 4.79 Å². The molecule has 2 rings (SSSR count). The number of urea groups is 1. The van der Waals surface area contributed by atoms with Crippen molar-refractivity contribution in [2.45, 2.75) is 46.1 Å². The van der Waals surface area contributed by atoms with Gasteiger partial charge in [0.25, 0.3) is 0 Å². The van der Waals surface area contributed by atoms with Crippen LogP contribution in [0, 0.1) is 6.92 Å². The van der Waals surface area contributed by atoms with E-state index in [9.17, 15) is 4.79 Å². The van der Waals surface area contributed by atoms with Crippen LogP contribution in [0.25, 0.3) is 0 Å². The number of aryl methyl sites for hydroxylation is 1. The van der Waals surface area contributed by atoms with Gasteiger partial charge in [-0.3, -0.25) is 0 Å². The minimum atomic E-state index is -0.0806. The Hall–Kier alpha value is -1.82. The molecule has 2 aromatic heterocycles. The molecule has 0 aliphatic carbocycles. The molecule has 2 amide bonds. The lowest BCUT2D eigenvalue weighted by molar-refractivity contribution is 0.195. The highest BCUT2D eigenvalue weighted by Gasteiger charge is 2.22. The predicted octanol–water partition coefficient (Wildman–Crippen LogP) is 4.11. The van der Waals surface area contributed by atoms with Crippen LogP contribution in [0.5, 0.6) is 0 Å². The van der Waals surface area contributed by atoms with Gasteiger partial charge in [0.1, 0.15) is 5.76 Å². The van der Waals surface area contributed by atoms with Gasteiger partial charge in [-0.1, -0.05) is 13.8 Å². The van der Waals surface area contributed by atoms with Gasteiger partial charge in [-0.2, -0.15) is 0 Å². The average Bonchev–Trinajstić information content (AvgIpc) is 3.15. The summed E-state index contributed by atoms with van der Waals surface area (Å²) in [5, 5.41) is 4.05. The third-order valence-electron chi connectivity index (χ3n) is 3.85. The number of furan rings is 1.